The van der Waals surface area contributed by atoms with Gasteiger partial charge in [-0.15, -0.1) is 0 Å². The molecule has 0 aliphatic carbocycles. The van der Waals surface area contributed by atoms with E-state index < -0.39 is 0 Å². The topological polar surface area (TPSA) is 41.1 Å². The molecular weight excluding hydrogens is 200 g/mol. The molecule has 14 heavy (non-hydrogen) atoms. The van der Waals surface area contributed by atoms with Gasteiger partial charge in [0.05, 0.1) is 0 Å². The van der Waals surface area contributed by atoms with Crippen molar-refractivity contribution in [2.24, 2.45) is 0 Å². The lowest BCUT2D eigenvalue weighted by molar-refractivity contribution is -0.120. The maximum atomic E-state index is 10.6. The van der Waals surface area contributed by atoms with Crippen molar-refractivity contribution in [2.45, 2.75) is 19.9 Å². The molecule has 0 saturated carbocycles. The van der Waals surface area contributed by atoms with Crippen molar-refractivity contribution >= 4 is 17.5 Å². The van der Waals surface area contributed by atoms with Gasteiger partial charge in [-0.1, -0.05) is 23.7 Å². The third-order valence-corrected chi connectivity index (χ3v) is 2.09. The molecule has 76 valence electrons. The highest BCUT2D eigenvalue weighted by Gasteiger charge is 2.04. The number of hydrogen-bond acceptors (Lipinski definition) is 2. The minimum Gasteiger partial charge on any atom is -0.291 e. The van der Waals surface area contributed by atoms with Crippen LogP contribution in [0, 0.1) is 0 Å². The van der Waals surface area contributed by atoms with E-state index in [1.54, 1.807) is 0 Å². The minimum absolute atomic E-state index is 0.0659. The normalized spacial score (nSPS) is 12.2. The quantitative estimate of drug-likeness (QED) is 0.753. The summed E-state index contributed by atoms with van der Waals surface area (Å²) in [5, 5.41) is 0.709. The third-order valence-electron chi connectivity index (χ3n) is 1.83. The van der Waals surface area contributed by atoms with Crippen LogP contribution in [-0.4, -0.2) is 5.91 Å². The minimum atomic E-state index is -0.106. The van der Waals surface area contributed by atoms with Crippen molar-refractivity contribution in [2.75, 3.05) is 0 Å². The summed E-state index contributed by atoms with van der Waals surface area (Å²) < 4.78 is 0. The Labute approximate surface area is 88.4 Å². The molecule has 0 saturated heterocycles. The van der Waals surface area contributed by atoms with E-state index in [9.17, 15) is 4.79 Å². The maximum Gasteiger partial charge on any atom is 0.230 e. The Morgan fingerprint density at radius 1 is 1.36 bits per heavy atom. The zero-order chi connectivity index (χ0) is 10.6. The third kappa shape index (κ3) is 3.36. The molecule has 0 spiro atoms. The van der Waals surface area contributed by atoms with Crippen LogP contribution >= 0.6 is 11.6 Å². The van der Waals surface area contributed by atoms with Crippen LogP contribution in [0.5, 0.6) is 0 Å². The van der Waals surface area contributed by atoms with Crippen molar-refractivity contribution < 1.29 is 4.79 Å². The number of rotatable bonds is 3. The van der Waals surface area contributed by atoms with Gasteiger partial charge in [-0.2, -0.15) is 0 Å². The van der Waals surface area contributed by atoms with Gasteiger partial charge in [0.25, 0.3) is 0 Å². The molecule has 0 bridgehead atoms. The van der Waals surface area contributed by atoms with E-state index in [1.165, 1.54) is 6.92 Å². The molecule has 4 heteroatoms. The highest BCUT2D eigenvalue weighted by molar-refractivity contribution is 6.30. The van der Waals surface area contributed by atoms with Crippen LogP contribution in [0.1, 0.15) is 25.5 Å². The van der Waals surface area contributed by atoms with E-state index >= 15 is 0 Å². The molecule has 1 aromatic carbocycles. The van der Waals surface area contributed by atoms with Crippen molar-refractivity contribution in [3.8, 4) is 0 Å². The number of benzene rings is 1. The van der Waals surface area contributed by atoms with Crippen LogP contribution in [0.4, 0.5) is 0 Å². The molecule has 2 N–H and O–H groups in total. The molecular formula is C10H13ClN2O. The molecule has 1 aromatic rings. The van der Waals surface area contributed by atoms with Gasteiger partial charge < -0.3 is 0 Å². The number of carbonyl (C=O) groups is 1. The monoisotopic (exact) mass is 212 g/mol. The molecule has 0 radical (unpaired) electrons. The number of amides is 1. The first kappa shape index (κ1) is 11.0. The van der Waals surface area contributed by atoms with Gasteiger partial charge in [0.15, 0.2) is 0 Å². The lowest BCUT2D eigenvalue weighted by Crippen LogP contribution is -2.37. The summed E-state index contributed by atoms with van der Waals surface area (Å²) >= 11 is 5.75. The fourth-order valence-corrected chi connectivity index (χ4v) is 1.17. The van der Waals surface area contributed by atoms with Crippen molar-refractivity contribution in [1.82, 2.24) is 10.9 Å². The lowest BCUT2D eigenvalue weighted by atomic mass is 10.1. The van der Waals surface area contributed by atoms with Crippen LogP contribution in [-0.2, 0) is 4.79 Å². The molecule has 1 amide bonds. The Bertz CT molecular complexity index is 310. The summed E-state index contributed by atoms with van der Waals surface area (Å²) in [6, 6.07) is 7.55. The first-order chi connectivity index (χ1) is 6.59. The Morgan fingerprint density at radius 2 is 1.93 bits per heavy atom. The first-order valence-electron chi connectivity index (χ1n) is 4.37. The van der Waals surface area contributed by atoms with Crippen LogP contribution in [0.15, 0.2) is 24.3 Å². The number of nitrogens with one attached hydrogen (secondary N) is 2. The highest BCUT2D eigenvalue weighted by atomic mass is 35.5. The van der Waals surface area contributed by atoms with Gasteiger partial charge in [0, 0.05) is 18.0 Å². The van der Waals surface area contributed by atoms with Crippen LogP contribution in [0.3, 0.4) is 0 Å². The standard InChI is InChI=1S/C10H13ClN2O/c1-7(12-13-8(2)14)9-3-5-10(11)6-4-9/h3-7,12H,1-2H3,(H,13,14). The smallest absolute Gasteiger partial charge is 0.230 e. The molecule has 0 heterocycles. The van der Waals surface area contributed by atoms with Crippen LogP contribution < -0.4 is 10.9 Å². The van der Waals surface area contributed by atoms with E-state index in [2.05, 4.69) is 10.9 Å². The largest absolute Gasteiger partial charge is 0.291 e. The second-order valence-corrected chi connectivity index (χ2v) is 3.54. The summed E-state index contributed by atoms with van der Waals surface area (Å²) in [4.78, 5) is 10.6. The van der Waals surface area contributed by atoms with Crippen molar-refractivity contribution in [3.63, 3.8) is 0 Å². The van der Waals surface area contributed by atoms with E-state index in [0.29, 0.717) is 5.02 Å². The van der Waals surface area contributed by atoms with Crippen LogP contribution in [0.2, 0.25) is 5.02 Å². The maximum absolute atomic E-state index is 10.6. The Hall–Kier alpha value is -1.06. The average Bonchev–Trinajstić information content (AvgIpc) is 2.15. The number of carbonyl (C=O) groups excluding carboxylic acids is 1. The summed E-state index contributed by atoms with van der Waals surface area (Å²) in [6.45, 7) is 3.42. The SMILES string of the molecule is CC(=O)NNC(C)c1ccc(Cl)cc1. The Kier molecular flexibility index (Phi) is 3.92. The van der Waals surface area contributed by atoms with E-state index in [0.717, 1.165) is 5.56 Å². The van der Waals surface area contributed by atoms with E-state index in [1.807, 2.05) is 31.2 Å². The highest BCUT2D eigenvalue weighted by Crippen LogP contribution is 2.15. The zero-order valence-electron chi connectivity index (χ0n) is 8.17. The summed E-state index contributed by atoms with van der Waals surface area (Å²) in [5.41, 5.74) is 6.48. The summed E-state index contributed by atoms with van der Waals surface area (Å²) in [7, 11) is 0. The fraction of sp³-hybridized carbons (Fsp3) is 0.300. The fourth-order valence-electron chi connectivity index (χ4n) is 1.04. The molecule has 1 unspecified atom stereocenters. The zero-order valence-corrected chi connectivity index (χ0v) is 8.93. The van der Waals surface area contributed by atoms with E-state index in [-0.39, 0.29) is 11.9 Å². The number of hydrogen-bond donors (Lipinski definition) is 2. The molecule has 1 atom stereocenters. The van der Waals surface area contributed by atoms with Gasteiger partial charge in [0.2, 0.25) is 5.91 Å². The molecule has 0 aromatic heterocycles. The van der Waals surface area contributed by atoms with Gasteiger partial charge in [-0.25, -0.2) is 5.43 Å². The van der Waals surface area contributed by atoms with Gasteiger partial charge in [-0.05, 0) is 24.6 Å². The molecule has 0 aliphatic heterocycles. The van der Waals surface area contributed by atoms with Crippen molar-refractivity contribution in [3.05, 3.63) is 34.9 Å². The van der Waals surface area contributed by atoms with E-state index in [4.69, 9.17) is 11.6 Å². The average molecular weight is 213 g/mol. The predicted molar refractivity (Wildman–Crippen MR) is 56.8 cm³/mol. The van der Waals surface area contributed by atoms with Crippen molar-refractivity contribution in [1.29, 1.82) is 0 Å². The second-order valence-electron chi connectivity index (χ2n) is 3.10. The summed E-state index contributed by atoms with van der Waals surface area (Å²) in [5.74, 6) is -0.106. The predicted octanol–water partition coefficient (Wildman–Crippen LogP) is 2.04. The van der Waals surface area contributed by atoms with Crippen LogP contribution in [0.25, 0.3) is 0 Å². The first-order valence-corrected chi connectivity index (χ1v) is 4.75. The Balaban J connectivity index is 2.56. The van der Waals surface area contributed by atoms with Gasteiger partial charge in [-0.3, -0.25) is 10.2 Å². The summed E-state index contributed by atoms with van der Waals surface area (Å²) in [6.07, 6.45) is 0. The second kappa shape index (κ2) is 4.98. The molecule has 1 rings (SSSR count). The molecule has 0 aliphatic rings. The van der Waals surface area contributed by atoms with Gasteiger partial charge in [0.1, 0.15) is 0 Å². The van der Waals surface area contributed by atoms with Gasteiger partial charge >= 0.3 is 0 Å². The lowest BCUT2D eigenvalue weighted by Gasteiger charge is -2.14. The molecule has 0 fully saturated rings. The molecule has 3 nitrogen and oxygen atoms in total. The number of hydrazine groups is 1. The Morgan fingerprint density at radius 3 is 2.43 bits per heavy atom. The number of halogens is 1.